The molecular weight excluding hydrogens is 212 g/mol. The summed E-state index contributed by atoms with van der Waals surface area (Å²) in [5.41, 5.74) is 5.27. The van der Waals surface area contributed by atoms with Gasteiger partial charge in [-0.2, -0.15) is 5.10 Å². The summed E-state index contributed by atoms with van der Waals surface area (Å²) < 4.78 is 0. The Bertz CT molecular complexity index is 410. The molecule has 1 aromatic rings. The van der Waals surface area contributed by atoms with Crippen molar-refractivity contribution in [2.45, 2.75) is 40.0 Å². The molecule has 0 fully saturated rings. The summed E-state index contributed by atoms with van der Waals surface area (Å²) in [6.07, 6.45) is 3.18. The second-order valence-electron chi connectivity index (χ2n) is 4.26. The van der Waals surface area contributed by atoms with Crippen LogP contribution in [0.25, 0.3) is 0 Å². The number of rotatable bonds is 5. The minimum Gasteiger partial charge on any atom is -0.267 e. The topological polar surface area (TPSA) is 41.5 Å². The largest absolute Gasteiger partial charge is 0.271 e. The van der Waals surface area contributed by atoms with Gasteiger partial charge in [0.2, 0.25) is 0 Å². The number of hydrazone groups is 1. The molecule has 0 heterocycles. The van der Waals surface area contributed by atoms with Gasteiger partial charge in [0.15, 0.2) is 0 Å². The number of hydrogen-bond donors (Lipinski definition) is 1. The summed E-state index contributed by atoms with van der Waals surface area (Å²) in [7, 11) is 0. The molecule has 0 aliphatic carbocycles. The van der Waals surface area contributed by atoms with Crippen LogP contribution in [0.5, 0.6) is 0 Å². The molecule has 0 aliphatic heterocycles. The van der Waals surface area contributed by atoms with Crippen molar-refractivity contribution in [1.82, 2.24) is 5.43 Å². The molecule has 0 atom stereocenters. The fourth-order valence-corrected chi connectivity index (χ4v) is 1.49. The Kier molecular flexibility index (Phi) is 5.40. The van der Waals surface area contributed by atoms with Crippen LogP contribution in [0.2, 0.25) is 0 Å². The fraction of sp³-hybridized carbons (Fsp3) is 0.429. The van der Waals surface area contributed by atoms with Crippen LogP contribution in [0.3, 0.4) is 0 Å². The number of benzene rings is 1. The molecule has 3 heteroatoms. The van der Waals surface area contributed by atoms with Crippen molar-refractivity contribution in [2.75, 3.05) is 0 Å². The van der Waals surface area contributed by atoms with E-state index in [0.717, 1.165) is 30.5 Å². The van der Waals surface area contributed by atoms with Gasteiger partial charge in [-0.15, -0.1) is 0 Å². The molecule has 92 valence electrons. The maximum absolute atomic E-state index is 11.8. The predicted molar refractivity (Wildman–Crippen MR) is 71.3 cm³/mol. The minimum absolute atomic E-state index is 0.149. The van der Waals surface area contributed by atoms with E-state index in [0.29, 0.717) is 5.56 Å². The second kappa shape index (κ2) is 6.84. The van der Waals surface area contributed by atoms with Gasteiger partial charge in [0.1, 0.15) is 0 Å². The molecule has 0 radical (unpaired) electrons. The van der Waals surface area contributed by atoms with Crippen LogP contribution in [0, 0.1) is 6.92 Å². The highest BCUT2D eigenvalue weighted by molar-refractivity contribution is 5.95. The van der Waals surface area contributed by atoms with Crippen LogP contribution in [-0.2, 0) is 0 Å². The average molecular weight is 232 g/mol. The number of aryl methyl sites for hydroxylation is 1. The van der Waals surface area contributed by atoms with E-state index in [1.165, 1.54) is 0 Å². The summed E-state index contributed by atoms with van der Waals surface area (Å²) in [5.74, 6) is -0.149. The van der Waals surface area contributed by atoms with Gasteiger partial charge >= 0.3 is 0 Å². The molecule has 1 aromatic carbocycles. The molecule has 1 N–H and O–H groups in total. The SMILES string of the molecule is CCCCC(C)=NNC(=O)c1cccc(C)c1. The van der Waals surface area contributed by atoms with E-state index in [-0.39, 0.29) is 5.91 Å². The van der Waals surface area contributed by atoms with Crippen LogP contribution in [-0.4, -0.2) is 11.6 Å². The third kappa shape index (κ3) is 4.81. The lowest BCUT2D eigenvalue weighted by molar-refractivity contribution is 0.0954. The van der Waals surface area contributed by atoms with Crippen molar-refractivity contribution >= 4 is 11.6 Å². The van der Waals surface area contributed by atoms with Crippen LogP contribution >= 0.6 is 0 Å². The van der Waals surface area contributed by atoms with Crippen molar-refractivity contribution < 1.29 is 4.79 Å². The number of nitrogens with zero attached hydrogens (tertiary/aromatic N) is 1. The third-order valence-corrected chi connectivity index (χ3v) is 2.52. The molecule has 0 saturated carbocycles. The number of carbonyl (C=O) groups excluding carboxylic acids is 1. The number of amides is 1. The van der Waals surface area contributed by atoms with Crippen LogP contribution in [0.15, 0.2) is 29.4 Å². The van der Waals surface area contributed by atoms with E-state index in [2.05, 4.69) is 17.5 Å². The number of unbranched alkanes of at least 4 members (excludes halogenated alkanes) is 1. The first kappa shape index (κ1) is 13.4. The average Bonchev–Trinajstić information content (AvgIpc) is 2.33. The lowest BCUT2D eigenvalue weighted by atomic mass is 10.1. The van der Waals surface area contributed by atoms with Crippen LogP contribution < -0.4 is 5.43 Å². The Morgan fingerprint density at radius 2 is 2.18 bits per heavy atom. The van der Waals surface area contributed by atoms with Gasteiger partial charge in [0.05, 0.1) is 0 Å². The number of nitrogens with one attached hydrogen (secondary N) is 1. The lowest BCUT2D eigenvalue weighted by Crippen LogP contribution is -2.19. The fourth-order valence-electron chi connectivity index (χ4n) is 1.49. The molecule has 0 aliphatic rings. The van der Waals surface area contributed by atoms with E-state index in [1.807, 2.05) is 32.0 Å². The van der Waals surface area contributed by atoms with Gasteiger partial charge in [-0.1, -0.05) is 31.0 Å². The Morgan fingerprint density at radius 1 is 1.41 bits per heavy atom. The summed E-state index contributed by atoms with van der Waals surface area (Å²) in [5, 5.41) is 4.08. The molecule has 17 heavy (non-hydrogen) atoms. The Balaban J connectivity index is 2.55. The standard InChI is InChI=1S/C14H20N2O/c1-4-5-8-12(3)15-16-14(17)13-9-6-7-11(2)10-13/h6-7,9-10H,4-5,8H2,1-3H3,(H,16,17). The second-order valence-corrected chi connectivity index (χ2v) is 4.26. The van der Waals surface area contributed by atoms with Crippen molar-refractivity contribution in [1.29, 1.82) is 0 Å². The molecule has 0 bridgehead atoms. The summed E-state index contributed by atoms with van der Waals surface area (Å²) >= 11 is 0. The molecule has 0 aromatic heterocycles. The molecule has 0 spiro atoms. The minimum atomic E-state index is -0.149. The Labute approximate surface area is 103 Å². The smallest absolute Gasteiger partial charge is 0.267 e. The highest BCUT2D eigenvalue weighted by Crippen LogP contribution is 2.03. The molecule has 1 rings (SSSR count). The first-order chi connectivity index (χ1) is 8.13. The zero-order valence-corrected chi connectivity index (χ0v) is 10.8. The molecule has 0 unspecified atom stereocenters. The normalized spacial score (nSPS) is 11.4. The molecular formula is C14H20N2O. The summed E-state index contributed by atoms with van der Waals surface area (Å²) in [6, 6.07) is 7.48. The Morgan fingerprint density at radius 3 is 2.82 bits per heavy atom. The maximum atomic E-state index is 11.8. The highest BCUT2D eigenvalue weighted by Gasteiger charge is 2.03. The zero-order chi connectivity index (χ0) is 12.7. The van der Waals surface area contributed by atoms with Gasteiger partial charge in [-0.05, 0) is 38.8 Å². The van der Waals surface area contributed by atoms with Crippen LogP contribution in [0.1, 0.15) is 49.0 Å². The quantitative estimate of drug-likeness (QED) is 0.614. The molecule has 0 saturated heterocycles. The lowest BCUT2D eigenvalue weighted by Gasteiger charge is -2.03. The maximum Gasteiger partial charge on any atom is 0.271 e. The summed E-state index contributed by atoms with van der Waals surface area (Å²) in [6.45, 7) is 6.04. The van der Waals surface area contributed by atoms with Gasteiger partial charge in [-0.3, -0.25) is 4.79 Å². The first-order valence-corrected chi connectivity index (χ1v) is 6.03. The van der Waals surface area contributed by atoms with Crippen molar-refractivity contribution in [3.63, 3.8) is 0 Å². The molecule has 1 amide bonds. The summed E-state index contributed by atoms with van der Waals surface area (Å²) in [4.78, 5) is 11.8. The monoisotopic (exact) mass is 232 g/mol. The number of hydrogen-bond acceptors (Lipinski definition) is 2. The van der Waals surface area contributed by atoms with Gasteiger partial charge in [0, 0.05) is 11.3 Å². The zero-order valence-electron chi connectivity index (χ0n) is 10.8. The van der Waals surface area contributed by atoms with Crippen molar-refractivity contribution in [3.8, 4) is 0 Å². The van der Waals surface area contributed by atoms with Crippen LogP contribution in [0.4, 0.5) is 0 Å². The van der Waals surface area contributed by atoms with Crippen molar-refractivity contribution in [3.05, 3.63) is 35.4 Å². The first-order valence-electron chi connectivity index (χ1n) is 6.03. The van der Waals surface area contributed by atoms with E-state index >= 15 is 0 Å². The Hall–Kier alpha value is -1.64. The van der Waals surface area contributed by atoms with Gasteiger partial charge in [-0.25, -0.2) is 5.43 Å². The van der Waals surface area contributed by atoms with E-state index < -0.39 is 0 Å². The predicted octanol–water partition coefficient (Wildman–Crippen LogP) is 3.29. The molecule has 3 nitrogen and oxygen atoms in total. The third-order valence-electron chi connectivity index (χ3n) is 2.52. The highest BCUT2D eigenvalue weighted by atomic mass is 16.2. The van der Waals surface area contributed by atoms with Crippen molar-refractivity contribution in [2.24, 2.45) is 5.10 Å². The number of carbonyl (C=O) groups is 1. The van der Waals surface area contributed by atoms with E-state index in [1.54, 1.807) is 6.07 Å². The van der Waals surface area contributed by atoms with E-state index in [4.69, 9.17) is 0 Å². The van der Waals surface area contributed by atoms with Gasteiger partial charge < -0.3 is 0 Å². The van der Waals surface area contributed by atoms with Gasteiger partial charge in [0.25, 0.3) is 5.91 Å². The van der Waals surface area contributed by atoms with E-state index in [9.17, 15) is 4.79 Å².